The minimum Gasteiger partial charge on any atom is -0.480 e. The van der Waals surface area contributed by atoms with Crippen molar-refractivity contribution in [3.05, 3.63) is 17.1 Å². The van der Waals surface area contributed by atoms with Crippen LogP contribution in [0.2, 0.25) is 0 Å². The summed E-state index contributed by atoms with van der Waals surface area (Å²) >= 11 is 1.35. The Balaban J connectivity index is 3.20. The quantitative estimate of drug-likeness (QED) is 0.649. The topological polar surface area (TPSA) is 83.4 Å². The van der Waals surface area contributed by atoms with Gasteiger partial charge in [0.15, 0.2) is 0 Å². The Kier molecular flexibility index (Phi) is 5.29. The van der Waals surface area contributed by atoms with E-state index < -0.39 is 5.97 Å². The highest BCUT2D eigenvalue weighted by molar-refractivity contribution is 7.98. The molecule has 0 aliphatic rings. The highest BCUT2D eigenvalue weighted by Crippen LogP contribution is 2.22. The van der Waals surface area contributed by atoms with Crippen LogP contribution in [0.25, 0.3) is 0 Å². The molecule has 0 radical (unpaired) electrons. The third-order valence-electron chi connectivity index (χ3n) is 2.57. The van der Waals surface area contributed by atoms with Gasteiger partial charge in [-0.25, -0.2) is 9.97 Å². The van der Waals surface area contributed by atoms with Crippen LogP contribution in [0.15, 0.2) is 5.03 Å². The number of aryl methyl sites for hydroxylation is 2. The molecule has 1 aromatic rings. The number of amides is 1. The standard InChI is InChI=1S/C12H17N3O3S/c1-5-15(6-9(16)17)12(18)10-7(2)13-8(3)14-11(10)19-4/h5-6H2,1-4H3,(H,16,17). The summed E-state index contributed by atoms with van der Waals surface area (Å²) in [6.07, 6.45) is 1.82. The lowest BCUT2D eigenvalue weighted by atomic mass is 10.2. The van der Waals surface area contributed by atoms with Gasteiger partial charge in [0, 0.05) is 6.54 Å². The summed E-state index contributed by atoms with van der Waals surface area (Å²) < 4.78 is 0. The number of aromatic nitrogens is 2. The van der Waals surface area contributed by atoms with Gasteiger partial charge in [-0.05, 0) is 27.0 Å². The average Bonchev–Trinajstić information content (AvgIpc) is 2.33. The van der Waals surface area contributed by atoms with Gasteiger partial charge in [-0.2, -0.15) is 0 Å². The van der Waals surface area contributed by atoms with Crippen molar-refractivity contribution in [1.29, 1.82) is 0 Å². The number of hydrogen-bond donors (Lipinski definition) is 1. The Hall–Kier alpha value is -1.63. The van der Waals surface area contributed by atoms with E-state index in [-0.39, 0.29) is 12.5 Å². The van der Waals surface area contributed by atoms with Crippen molar-refractivity contribution in [2.45, 2.75) is 25.8 Å². The van der Waals surface area contributed by atoms with Crippen molar-refractivity contribution in [1.82, 2.24) is 14.9 Å². The molecule has 1 N–H and O–H groups in total. The van der Waals surface area contributed by atoms with Gasteiger partial charge >= 0.3 is 5.97 Å². The largest absolute Gasteiger partial charge is 0.480 e. The van der Waals surface area contributed by atoms with Crippen LogP contribution in [0.1, 0.15) is 28.8 Å². The van der Waals surface area contributed by atoms with Crippen molar-refractivity contribution in [3.8, 4) is 0 Å². The number of nitrogens with zero attached hydrogens (tertiary/aromatic N) is 3. The molecule has 0 aliphatic carbocycles. The molecule has 0 spiro atoms. The van der Waals surface area contributed by atoms with Crippen LogP contribution in [-0.4, -0.2) is 51.2 Å². The molecule has 7 heteroatoms. The molecule has 1 heterocycles. The molecule has 0 saturated heterocycles. The van der Waals surface area contributed by atoms with Crippen LogP contribution in [0, 0.1) is 13.8 Å². The molecule has 0 fully saturated rings. The number of carboxylic acid groups (broad SMARTS) is 1. The highest BCUT2D eigenvalue weighted by Gasteiger charge is 2.23. The third-order valence-corrected chi connectivity index (χ3v) is 3.25. The molecule has 6 nitrogen and oxygen atoms in total. The first-order valence-electron chi connectivity index (χ1n) is 5.81. The maximum Gasteiger partial charge on any atom is 0.323 e. The number of thioether (sulfide) groups is 1. The Bertz CT molecular complexity index is 505. The van der Waals surface area contributed by atoms with Crippen molar-refractivity contribution in [2.75, 3.05) is 19.3 Å². The predicted molar refractivity (Wildman–Crippen MR) is 72.5 cm³/mol. The molecular weight excluding hydrogens is 266 g/mol. The fourth-order valence-corrected chi connectivity index (χ4v) is 2.39. The Labute approximate surface area is 116 Å². The molecule has 0 aliphatic heterocycles. The van der Waals surface area contributed by atoms with Crippen molar-refractivity contribution in [2.24, 2.45) is 0 Å². The van der Waals surface area contributed by atoms with Crippen LogP contribution >= 0.6 is 11.8 Å². The smallest absolute Gasteiger partial charge is 0.323 e. The molecule has 1 rings (SSSR count). The number of hydrogen-bond acceptors (Lipinski definition) is 5. The summed E-state index contributed by atoms with van der Waals surface area (Å²) in [5.41, 5.74) is 0.965. The SMILES string of the molecule is CCN(CC(=O)O)C(=O)c1c(C)nc(C)nc1SC. The van der Waals surface area contributed by atoms with Crippen LogP contribution in [0.4, 0.5) is 0 Å². The summed E-state index contributed by atoms with van der Waals surface area (Å²) in [5.74, 6) is -0.780. The molecule has 0 atom stereocenters. The number of likely N-dealkylation sites (N-methyl/N-ethyl adjacent to an activating group) is 1. The molecular formula is C12H17N3O3S. The van der Waals surface area contributed by atoms with Crippen LogP contribution in [0.5, 0.6) is 0 Å². The first kappa shape index (κ1) is 15.4. The Morgan fingerprint density at radius 2 is 1.95 bits per heavy atom. The van der Waals surface area contributed by atoms with E-state index in [0.717, 1.165) is 0 Å². The van der Waals surface area contributed by atoms with E-state index in [1.807, 2.05) is 6.26 Å². The van der Waals surface area contributed by atoms with Gasteiger partial charge in [-0.15, -0.1) is 11.8 Å². The van der Waals surface area contributed by atoms with Gasteiger partial charge in [-0.1, -0.05) is 0 Å². The maximum atomic E-state index is 12.4. The Morgan fingerprint density at radius 1 is 1.32 bits per heavy atom. The highest BCUT2D eigenvalue weighted by atomic mass is 32.2. The molecule has 0 saturated carbocycles. The van der Waals surface area contributed by atoms with Crippen molar-refractivity contribution >= 4 is 23.6 Å². The minimum atomic E-state index is -1.04. The molecule has 0 bridgehead atoms. The molecule has 104 valence electrons. The van der Waals surface area contributed by atoms with Crippen LogP contribution < -0.4 is 0 Å². The van der Waals surface area contributed by atoms with E-state index in [0.29, 0.717) is 28.7 Å². The lowest BCUT2D eigenvalue weighted by molar-refractivity contribution is -0.137. The van der Waals surface area contributed by atoms with Gasteiger partial charge in [0.05, 0.1) is 11.3 Å². The molecule has 0 unspecified atom stereocenters. The monoisotopic (exact) mass is 283 g/mol. The van der Waals surface area contributed by atoms with Crippen molar-refractivity contribution < 1.29 is 14.7 Å². The van der Waals surface area contributed by atoms with E-state index in [1.165, 1.54) is 16.7 Å². The second-order valence-electron chi connectivity index (χ2n) is 3.95. The van der Waals surface area contributed by atoms with E-state index in [4.69, 9.17) is 5.11 Å². The van der Waals surface area contributed by atoms with Crippen LogP contribution in [-0.2, 0) is 4.79 Å². The summed E-state index contributed by atoms with van der Waals surface area (Å²) in [6.45, 7) is 5.23. The van der Waals surface area contributed by atoms with Crippen molar-refractivity contribution in [3.63, 3.8) is 0 Å². The first-order valence-corrected chi connectivity index (χ1v) is 7.03. The molecule has 0 aromatic carbocycles. The fraction of sp³-hybridized carbons (Fsp3) is 0.500. The summed E-state index contributed by atoms with van der Waals surface area (Å²) in [6, 6.07) is 0. The summed E-state index contributed by atoms with van der Waals surface area (Å²) in [4.78, 5) is 32.8. The second kappa shape index (κ2) is 6.51. The lowest BCUT2D eigenvalue weighted by Gasteiger charge is -2.20. The normalized spacial score (nSPS) is 10.3. The summed E-state index contributed by atoms with van der Waals surface area (Å²) in [5, 5.41) is 9.40. The number of carbonyl (C=O) groups excluding carboxylic acids is 1. The average molecular weight is 283 g/mol. The fourth-order valence-electron chi connectivity index (χ4n) is 1.72. The number of carboxylic acids is 1. The van der Waals surface area contributed by atoms with Gasteiger partial charge in [0.1, 0.15) is 17.4 Å². The lowest BCUT2D eigenvalue weighted by Crippen LogP contribution is -2.36. The number of aliphatic carboxylic acids is 1. The molecule has 1 amide bonds. The van der Waals surface area contributed by atoms with Gasteiger partial charge in [0.25, 0.3) is 5.91 Å². The molecule has 1 aromatic heterocycles. The maximum absolute atomic E-state index is 12.4. The third kappa shape index (κ3) is 3.66. The zero-order valence-corrected chi connectivity index (χ0v) is 12.2. The van der Waals surface area contributed by atoms with E-state index in [2.05, 4.69) is 9.97 Å². The minimum absolute atomic E-state index is 0.323. The zero-order valence-electron chi connectivity index (χ0n) is 11.4. The van der Waals surface area contributed by atoms with Gasteiger partial charge in [0.2, 0.25) is 0 Å². The predicted octanol–water partition coefficient (Wildman–Crippen LogP) is 1.36. The first-order chi connectivity index (χ1) is 8.90. The second-order valence-corrected chi connectivity index (χ2v) is 4.75. The van der Waals surface area contributed by atoms with Gasteiger partial charge in [-0.3, -0.25) is 9.59 Å². The van der Waals surface area contributed by atoms with E-state index in [9.17, 15) is 9.59 Å². The zero-order chi connectivity index (χ0) is 14.6. The van der Waals surface area contributed by atoms with E-state index in [1.54, 1.807) is 20.8 Å². The number of carbonyl (C=O) groups is 2. The van der Waals surface area contributed by atoms with E-state index >= 15 is 0 Å². The van der Waals surface area contributed by atoms with Gasteiger partial charge < -0.3 is 10.0 Å². The molecule has 19 heavy (non-hydrogen) atoms. The Morgan fingerprint density at radius 3 is 2.42 bits per heavy atom. The summed E-state index contributed by atoms with van der Waals surface area (Å²) in [7, 11) is 0. The number of rotatable bonds is 5. The van der Waals surface area contributed by atoms with Crippen LogP contribution in [0.3, 0.4) is 0 Å².